The lowest BCUT2D eigenvalue weighted by Crippen LogP contribution is -2.34. The molecule has 0 amide bonds. The summed E-state index contributed by atoms with van der Waals surface area (Å²) in [6.07, 6.45) is 4.05. The Bertz CT molecular complexity index is 1100. The number of hydrogen-bond acceptors (Lipinski definition) is 5. The molecule has 142 valence electrons. The first-order valence-corrected chi connectivity index (χ1v) is 10.2. The predicted octanol–water partition coefficient (Wildman–Crippen LogP) is 4.60. The maximum atomic E-state index is 13.7. The summed E-state index contributed by atoms with van der Waals surface area (Å²) in [6, 6.07) is 13.1. The molecule has 0 saturated carbocycles. The third kappa shape index (κ3) is 3.43. The van der Waals surface area contributed by atoms with E-state index in [0.717, 1.165) is 60.3 Å². The van der Waals surface area contributed by atoms with Crippen molar-refractivity contribution in [3.63, 3.8) is 0 Å². The molecular formula is C21H20FN5S. The molecule has 5 rings (SSSR count). The lowest BCUT2D eigenvalue weighted by Gasteiger charge is -2.32. The first-order valence-electron chi connectivity index (χ1n) is 9.49. The summed E-state index contributed by atoms with van der Waals surface area (Å²) < 4.78 is 22.3. The van der Waals surface area contributed by atoms with E-state index in [2.05, 4.69) is 36.0 Å². The van der Waals surface area contributed by atoms with Gasteiger partial charge in [-0.3, -0.25) is 10.00 Å². The summed E-state index contributed by atoms with van der Waals surface area (Å²) in [6.45, 7) is 2.93. The summed E-state index contributed by atoms with van der Waals surface area (Å²) in [5.41, 5.74) is 6.18. The summed E-state index contributed by atoms with van der Waals surface area (Å²) >= 11 is 1.26. The van der Waals surface area contributed by atoms with E-state index in [1.165, 1.54) is 23.4 Å². The van der Waals surface area contributed by atoms with E-state index in [9.17, 15) is 4.39 Å². The number of H-pyrrole nitrogens is 1. The van der Waals surface area contributed by atoms with E-state index in [4.69, 9.17) is 0 Å². The smallest absolute Gasteiger partial charge is 0.123 e. The zero-order valence-corrected chi connectivity index (χ0v) is 16.1. The fraction of sp³-hybridized carbons (Fsp3) is 0.286. The second kappa shape index (κ2) is 7.41. The Morgan fingerprint density at radius 2 is 2.07 bits per heavy atom. The monoisotopic (exact) mass is 393 g/mol. The predicted molar refractivity (Wildman–Crippen MR) is 109 cm³/mol. The zero-order valence-electron chi connectivity index (χ0n) is 15.3. The highest BCUT2D eigenvalue weighted by atomic mass is 32.1. The Labute approximate surface area is 166 Å². The molecule has 2 aromatic carbocycles. The first-order chi connectivity index (χ1) is 13.8. The van der Waals surface area contributed by atoms with Crippen LogP contribution in [0.25, 0.3) is 22.2 Å². The largest absolute Gasteiger partial charge is 0.298 e. The number of likely N-dealkylation sites (tertiary alicyclic amines) is 1. The lowest BCUT2D eigenvalue weighted by atomic mass is 9.90. The topological polar surface area (TPSA) is 57.7 Å². The van der Waals surface area contributed by atoms with Crippen molar-refractivity contribution in [2.45, 2.75) is 25.3 Å². The molecule has 0 radical (unpaired) electrons. The molecule has 0 unspecified atom stereocenters. The number of benzene rings is 2. The second-order valence-corrected chi connectivity index (χ2v) is 7.90. The van der Waals surface area contributed by atoms with Crippen LogP contribution in [0.5, 0.6) is 0 Å². The summed E-state index contributed by atoms with van der Waals surface area (Å²) in [7, 11) is 0. The third-order valence-electron chi connectivity index (χ3n) is 5.44. The van der Waals surface area contributed by atoms with Gasteiger partial charge in [-0.05, 0) is 54.8 Å². The van der Waals surface area contributed by atoms with Crippen LogP contribution in [0.1, 0.15) is 30.0 Å². The van der Waals surface area contributed by atoms with E-state index in [-0.39, 0.29) is 5.82 Å². The molecule has 1 aliphatic heterocycles. The average molecular weight is 393 g/mol. The van der Waals surface area contributed by atoms with Gasteiger partial charge < -0.3 is 0 Å². The molecule has 4 aromatic rings. The van der Waals surface area contributed by atoms with Crippen molar-refractivity contribution in [2.24, 2.45) is 0 Å². The van der Waals surface area contributed by atoms with Crippen molar-refractivity contribution in [2.75, 3.05) is 13.1 Å². The van der Waals surface area contributed by atoms with Gasteiger partial charge in [-0.2, -0.15) is 13.8 Å². The molecule has 1 N–H and O–H groups in total. The molecule has 1 aliphatic rings. The van der Waals surface area contributed by atoms with Crippen LogP contribution in [-0.4, -0.2) is 36.9 Å². The van der Waals surface area contributed by atoms with Gasteiger partial charge in [-0.15, -0.1) is 0 Å². The van der Waals surface area contributed by atoms with E-state index in [0.29, 0.717) is 5.92 Å². The number of fused-ring (bicyclic) bond motifs is 1. The molecule has 2 aromatic heterocycles. The molecular weight excluding hydrogens is 373 g/mol. The number of halogens is 1. The van der Waals surface area contributed by atoms with Crippen molar-refractivity contribution in [1.82, 2.24) is 23.8 Å². The Balaban J connectivity index is 1.35. The minimum absolute atomic E-state index is 0.221. The van der Waals surface area contributed by atoms with Crippen LogP contribution in [0, 0.1) is 5.82 Å². The van der Waals surface area contributed by atoms with Crippen LogP contribution in [0.2, 0.25) is 0 Å². The SMILES string of the molecule is Fc1cccc(-c2cn[nH]c2[C@H]2CCCN(Cc3ccc4nsnc4c3)C2)c1. The molecule has 1 saturated heterocycles. The third-order valence-corrected chi connectivity index (χ3v) is 6.00. The molecule has 7 heteroatoms. The second-order valence-electron chi connectivity index (χ2n) is 7.37. The van der Waals surface area contributed by atoms with Crippen LogP contribution < -0.4 is 0 Å². The van der Waals surface area contributed by atoms with E-state index < -0.39 is 0 Å². The Hall–Kier alpha value is -2.64. The Kier molecular flexibility index (Phi) is 4.62. The maximum Gasteiger partial charge on any atom is 0.123 e. The molecule has 3 heterocycles. The highest BCUT2D eigenvalue weighted by Crippen LogP contribution is 2.33. The van der Waals surface area contributed by atoms with Crippen molar-refractivity contribution in [3.8, 4) is 11.1 Å². The van der Waals surface area contributed by atoms with Gasteiger partial charge >= 0.3 is 0 Å². The zero-order chi connectivity index (χ0) is 18.9. The van der Waals surface area contributed by atoms with Crippen LogP contribution in [-0.2, 0) is 6.54 Å². The number of rotatable bonds is 4. The standard InChI is InChI=1S/C21H20FN5S/c22-17-5-1-3-15(10-17)18-11-23-24-21(18)16-4-2-8-27(13-16)12-14-6-7-19-20(9-14)26-28-25-19/h1,3,5-7,9-11,16H,2,4,8,12-13H2,(H,23,24)/t16-/m0/s1. The summed E-state index contributed by atoms with van der Waals surface area (Å²) in [5.74, 6) is 0.140. The average Bonchev–Trinajstić information content (AvgIpc) is 3.37. The normalized spacial score (nSPS) is 18.0. The highest BCUT2D eigenvalue weighted by molar-refractivity contribution is 7.00. The van der Waals surface area contributed by atoms with Crippen molar-refractivity contribution in [3.05, 3.63) is 65.7 Å². The van der Waals surface area contributed by atoms with Crippen LogP contribution in [0.4, 0.5) is 4.39 Å². The molecule has 28 heavy (non-hydrogen) atoms. The fourth-order valence-corrected chi connectivity index (χ4v) is 4.63. The van der Waals surface area contributed by atoms with Gasteiger partial charge in [0.05, 0.1) is 17.9 Å². The Morgan fingerprint density at radius 3 is 3.00 bits per heavy atom. The molecule has 0 aliphatic carbocycles. The quantitative estimate of drug-likeness (QED) is 0.550. The molecule has 0 bridgehead atoms. The van der Waals surface area contributed by atoms with Crippen LogP contribution in [0.15, 0.2) is 48.7 Å². The molecule has 5 nitrogen and oxygen atoms in total. The van der Waals surface area contributed by atoms with Gasteiger partial charge in [-0.25, -0.2) is 4.39 Å². The number of nitrogens with zero attached hydrogens (tertiary/aromatic N) is 4. The summed E-state index contributed by atoms with van der Waals surface area (Å²) in [5, 5.41) is 7.44. The van der Waals surface area contributed by atoms with E-state index >= 15 is 0 Å². The van der Waals surface area contributed by atoms with E-state index in [1.54, 1.807) is 12.1 Å². The van der Waals surface area contributed by atoms with Gasteiger partial charge in [0.25, 0.3) is 0 Å². The Morgan fingerprint density at radius 1 is 1.14 bits per heavy atom. The molecule has 0 spiro atoms. The minimum Gasteiger partial charge on any atom is -0.298 e. The first kappa shape index (κ1) is 17.5. The number of nitrogens with one attached hydrogen (secondary N) is 1. The molecule has 1 fully saturated rings. The van der Waals surface area contributed by atoms with Crippen molar-refractivity contribution >= 4 is 22.8 Å². The number of aromatic nitrogens is 4. The minimum atomic E-state index is -0.221. The fourth-order valence-electron chi connectivity index (χ4n) is 4.11. The highest BCUT2D eigenvalue weighted by Gasteiger charge is 2.25. The van der Waals surface area contributed by atoms with E-state index in [1.807, 2.05) is 18.3 Å². The van der Waals surface area contributed by atoms with Gasteiger partial charge in [0.2, 0.25) is 0 Å². The number of hydrogen-bond donors (Lipinski definition) is 1. The number of piperidine rings is 1. The van der Waals surface area contributed by atoms with Crippen LogP contribution >= 0.6 is 11.7 Å². The van der Waals surface area contributed by atoms with Crippen molar-refractivity contribution < 1.29 is 4.39 Å². The lowest BCUT2D eigenvalue weighted by molar-refractivity contribution is 0.198. The maximum absolute atomic E-state index is 13.7. The summed E-state index contributed by atoms with van der Waals surface area (Å²) in [4.78, 5) is 2.48. The van der Waals surface area contributed by atoms with Crippen LogP contribution in [0.3, 0.4) is 0 Å². The number of aromatic amines is 1. The molecule has 1 atom stereocenters. The van der Waals surface area contributed by atoms with Gasteiger partial charge in [0.15, 0.2) is 0 Å². The van der Waals surface area contributed by atoms with Gasteiger partial charge in [0.1, 0.15) is 16.9 Å². The van der Waals surface area contributed by atoms with Crippen molar-refractivity contribution in [1.29, 1.82) is 0 Å². The van der Waals surface area contributed by atoms with Gasteiger partial charge in [-0.1, -0.05) is 18.2 Å². The van der Waals surface area contributed by atoms with Gasteiger partial charge in [0, 0.05) is 30.3 Å².